The molecule has 1 saturated heterocycles. The molecule has 5 nitrogen and oxygen atoms in total. The number of benzene rings is 1. The highest BCUT2D eigenvalue weighted by molar-refractivity contribution is 5.94. The number of piperidine rings is 1. The number of likely N-dealkylation sites (tertiary alicyclic amines) is 1. The molecule has 5 heteroatoms. The van der Waals surface area contributed by atoms with Crippen LogP contribution in [0.2, 0.25) is 0 Å². The van der Waals surface area contributed by atoms with E-state index in [-0.39, 0.29) is 5.91 Å². The lowest BCUT2D eigenvalue weighted by atomic mass is 10.0. The Kier molecular flexibility index (Phi) is 5.44. The van der Waals surface area contributed by atoms with Crippen molar-refractivity contribution in [3.05, 3.63) is 18.2 Å². The Hall–Kier alpha value is -1.75. The number of nitrogens with two attached hydrogens (primary N) is 1. The Balaban J connectivity index is 1.81. The quantitative estimate of drug-likeness (QED) is 0.817. The van der Waals surface area contributed by atoms with Crippen molar-refractivity contribution >= 4 is 17.3 Å². The summed E-state index contributed by atoms with van der Waals surface area (Å²) in [6.45, 7) is 5.27. The van der Waals surface area contributed by atoms with E-state index in [2.05, 4.69) is 17.1 Å². The molecule has 1 amide bonds. The first-order chi connectivity index (χ1) is 10.1. The van der Waals surface area contributed by atoms with Gasteiger partial charge in [-0.05, 0) is 37.4 Å². The third kappa shape index (κ3) is 4.63. The average Bonchev–Trinajstić information content (AvgIpc) is 2.47. The summed E-state index contributed by atoms with van der Waals surface area (Å²) in [5, 5.41) is 2.87. The molecule has 1 aliphatic heterocycles. The van der Waals surface area contributed by atoms with Crippen molar-refractivity contribution in [1.29, 1.82) is 0 Å². The number of ether oxygens (including phenoxy) is 1. The van der Waals surface area contributed by atoms with Gasteiger partial charge in [0.2, 0.25) is 5.91 Å². The molecule has 1 heterocycles. The van der Waals surface area contributed by atoms with E-state index >= 15 is 0 Å². The number of hydrogen-bond donors (Lipinski definition) is 2. The van der Waals surface area contributed by atoms with E-state index in [1.807, 2.05) is 0 Å². The zero-order valence-corrected chi connectivity index (χ0v) is 12.9. The number of hydrogen-bond acceptors (Lipinski definition) is 4. The zero-order chi connectivity index (χ0) is 15.2. The minimum atomic E-state index is 0.00472. The van der Waals surface area contributed by atoms with Crippen molar-refractivity contribution in [2.24, 2.45) is 5.92 Å². The molecule has 1 atom stereocenters. The van der Waals surface area contributed by atoms with Crippen molar-refractivity contribution < 1.29 is 9.53 Å². The Morgan fingerprint density at radius 3 is 3.00 bits per heavy atom. The summed E-state index contributed by atoms with van der Waals surface area (Å²) < 4.78 is 5.09. The second-order valence-corrected chi connectivity index (χ2v) is 5.80. The summed E-state index contributed by atoms with van der Waals surface area (Å²) in [6, 6.07) is 5.27. The normalized spacial score (nSPS) is 19.2. The van der Waals surface area contributed by atoms with E-state index in [4.69, 9.17) is 10.5 Å². The van der Waals surface area contributed by atoms with Crippen molar-refractivity contribution in [2.75, 3.05) is 37.8 Å². The maximum atomic E-state index is 12.0. The standard InChI is InChI=1S/C16H25N3O2/c1-12-4-3-8-19(11-12)9-7-16(20)18-15-6-5-13(21-2)10-14(15)17/h5-6,10,12H,3-4,7-9,11,17H2,1-2H3,(H,18,20). The number of nitrogens with zero attached hydrogens (tertiary/aromatic N) is 1. The molecule has 3 N–H and O–H groups in total. The van der Waals surface area contributed by atoms with E-state index in [0.717, 1.165) is 25.6 Å². The van der Waals surface area contributed by atoms with Crippen LogP contribution in [-0.2, 0) is 4.79 Å². The fraction of sp³-hybridized carbons (Fsp3) is 0.562. The molecule has 1 aliphatic rings. The third-order valence-electron chi connectivity index (χ3n) is 3.93. The summed E-state index contributed by atoms with van der Waals surface area (Å²) in [4.78, 5) is 14.4. The number of nitrogen functional groups attached to an aromatic ring is 1. The predicted octanol–water partition coefficient (Wildman–Crippen LogP) is 2.34. The molecular formula is C16H25N3O2. The van der Waals surface area contributed by atoms with E-state index in [1.54, 1.807) is 25.3 Å². The Morgan fingerprint density at radius 1 is 1.52 bits per heavy atom. The van der Waals surface area contributed by atoms with Crippen LogP contribution in [0.3, 0.4) is 0 Å². The molecule has 1 aromatic carbocycles. The SMILES string of the molecule is COc1ccc(NC(=O)CCN2CCCC(C)C2)c(N)c1. The van der Waals surface area contributed by atoms with Gasteiger partial charge in [0.15, 0.2) is 0 Å². The van der Waals surface area contributed by atoms with Crippen molar-refractivity contribution in [2.45, 2.75) is 26.2 Å². The van der Waals surface area contributed by atoms with Gasteiger partial charge in [-0.1, -0.05) is 6.92 Å². The van der Waals surface area contributed by atoms with Crippen LogP contribution < -0.4 is 15.8 Å². The van der Waals surface area contributed by atoms with Crippen LogP contribution in [0.15, 0.2) is 18.2 Å². The highest BCUT2D eigenvalue weighted by Crippen LogP contribution is 2.24. The monoisotopic (exact) mass is 291 g/mol. The van der Waals surface area contributed by atoms with Gasteiger partial charge in [-0.25, -0.2) is 0 Å². The summed E-state index contributed by atoms with van der Waals surface area (Å²) in [7, 11) is 1.59. The first kappa shape index (κ1) is 15.6. The molecule has 2 rings (SSSR count). The van der Waals surface area contributed by atoms with Gasteiger partial charge in [0, 0.05) is 25.6 Å². The van der Waals surface area contributed by atoms with Crippen molar-refractivity contribution in [3.8, 4) is 5.75 Å². The fourth-order valence-corrected chi connectivity index (χ4v) is 2.74. The first-order valence-electron chi connectivity index (χ1n) is 7.54. The van der Waals surface area contributed by atoms with Gasteiger partial charge in [-0.3, -0.25) is 4.79 Å². The molecule has 116 valence electrons. The van der Waals surface area contributed by atoms with Gasteiger partial charge in [-0.2, -0.15) is 0 Å². The van der Waals surface area contributed by atoms with Gasteiger partial charge in [0.1, 0.15) is 5.75 Å². The van der Waals surface area contributed by atoms with Crippen LogP contribution in [0.25, 0.3) is 0 Å². The molecule has 1 fully saturated rings. The number of rotatable bonds is 5. The topological polar surface area (TPSA) is 67.6 Å². The Bertz CT molecular complexity index is 490. The lowest BCUT2D eigenvalue weighted by Crippen LogP contribution is -2.36. The largest absolute Gasteiger partial charge is 0.497 e. The fourth-order valence-electron chi connectivity index (χ4n) is 2.74. The number of carbonyl (C=O) groups excluding carboxylic acids is 1. The van der Waals surface area contributed by atoms with Crippen LogP contribution in [-0.4, -0.2) is 37.6 Å². The number of methoxy groups -OCH3 is 1. The molecule has 1 unspecified atom stereocenters. The zero-order valence-electron chi connectivity index (χ0n) is 12.9. The molecule has 21 heavy (non-hydrogen) atoms. The van der Waals surface area contributed by atoms with Gasteiger partial charge < -0.3 is 20.7 Å². The van der Waals surface area contributed by atoms with E-state index < -0.39 is 0 Å². The maximum Gasteiger partial charge on any atom is 0.225 e. The van der Waals surface area contributed by atoms with Crippen LogP contribution in [0.5, 0.6) is 5.75 Å². The highest BCUT2D eigenvalue weighted by Gasteiger charge is 2.17. The lowest BCUT2D eigenvalue weighted by molar-refractivity contribution is -0.116. The van der Waals surface area contributed by atoms with Crippen molar-refractivity contribution in [3.63, 3.8) is 0 Å². The molecule has 0 aliphatic carbocycles. The minimum absolute atomic E-state index is 0.00472. The van der Waals surface area contributed by atoms with Crippen molar-refractivity contribution in [1.82, 2.24) is 4.90 Å². The van der Waals surface area contributed by atoms with Gasteiger partial charge in [0.05, 0.1) is 18.5 Å². The maximum absolute atomic E-state index is 12.0. The van der Waals surface area contributed by atoms with E-state index in [1.165, 1.54) is 12.8 Å². The second kappa shape index (κ2) is 7.31. The van der Waals surface area contributed by atoms with Gasteiger partial charge in [-0.15, -0.1) is 0 Å². The number of carbonyl (C=O) groups is 1. The van der Waals surface area contributed by atoms with Gasteiger partial charge in [0.25, 0.3) is 0 Å². The molecule has 0 saturated carbocycles. The van der Waals surface area contributed by atoms with E-state index in [9.17, 15) is 4.79 Å². The third-order valence-corrected chi connectivity index (χ3v) is 3.93. The lowest BCUT2D eigenvalue weighted by Gasteiger charge is -2.30. The van der Waals surface area contributed by atoms with Crippen LogP contribution >= 0.6 is 0 Å². The molecular weight excluding hydrogens is 266 g/mol. The molecule has 1 aromatic rings. The Morgan fingerprint density at radius 2 is 2.33 bits per heavy atom. The predicted molar refractivity (Wildman–Crippen MR) is 85.5 cm³/mol. The van der Waals surface area contributed by atoms with Crippen LogP contribution in [0.1, 0.15) is 26.2 Å². The summed E-state index contributed by atoms with van der Waals surface area (Å²) in [6.07, 6.45) is 3.03. The molecule has 0 spiro atoms. The second-order valence-electron chi connectivity index (χ2n) is 5.80. The van der Waals surface area contributed by atoms with E-state index in [0.29, 0.717) is 23.5 Å². The van der Waals surface area contributed by atoms with Crippen LogP contribution in [0, 0.1) is 5.92 Å². The number of nitrogens with one attached hydrogen (secondary N) is 1. The van der Waals surface area contributed by atoms with Crippen LogP contribution in [0.4, 0.5) is 11.4 Å². The Labute approximate surface area is 126 Å². The molecule has 0 bridgehead atoms. The smallest absolute Gasteiger partial charge is 0.225 e. The highest BCUT2D eigenvalue weighted by atomic mass is 16.5. The molecule has 0 radical (unpaired) electrons. The first-order valence-corrected chi connectivity index (χ1v) is 7.54. The summed E-state index contributed by atoms with van der Waals surface area (Å²) in [5.41, 5.74) is 7.07. The molecule has 0 aromatic heterocycles. The minimum Gasteiger partial charge on any atom is -0.497 e. The average molecular weight is 291 g/mol. The summed E-state index contributed by atoms with van der Waals surface area (Å²) >= 11 is 0. The number of anilines is 2. The number of amides is 1. The summed E-state index contributed by atoms with van der Waals surface area (Å²) in [5.74, 6) is 1.43. The van der Waals surface area contributed by atoms with Gasteiger partial charge >= 0.3 is 0 Å².